The zero-order valence-electron chi connectivity index (χ0n) is 17.7. The quantitative estimate of drug-likeness (QED) is 0.590. The first-order valence-corrected chi connectivity index (χ1v) is 9.85. The lowest BCUT2D eigenvalue weighted by molar-refractivity contribution is -0.122. The van der Waals surface area contributed by atoms with Crippen molar-refractivity contribution in [3.05, 3.63) is 89.0 Å². The minimum Gasteiger partial charge on any atom is -0.481 e. The van der Waals surface area contributed by atoms with E-state index in [2.05, 4.69) is 10.6 Å². The van der Waals surface area contributed by atoms with E-state index in [0.717, 1.165) is 28.1 Å². The molecule has 3 rings (SSSR count). The average molecular weight is 402 g/mol. The summed E-state index contributed by atoms with van der Waals surface area (Å²) < 4.78 is 5.75. The number of carbonyl (C=O) groups excluding carboxylic acids is 2. The summed E-state index contributed by atoms with van der Waals surface area (Å²) >= 11 is 0. The third-order valence-electron chi connectivity index (χ3n) is 4.84. The number of hydrogen-bond donors (Lipinski definition) is 2. The molecular weight excluding hydrogens is 376 g/mol. The van der Waals surface area contributed by atoms with E-state index >= 15 is 0 Å². The second kappa shape index (κ2) is 9.27. The van der Waals surface area contributed by atoms with Crippen molar-refractivity contribution in [2.45, 2.75) is 33.8 Å². The van der Waals surface area contributed by atoms with Crippen molar-refractivity contribution in [2.24, 2.45) is 0 Å². The minimum absolute atomic E-state index is 0.198. The number of amides is 2. The van der Waals surface area contributed by atoms with Crippen LogP contribution >= 0.6 is 0 Å². The fourth-order valence-corrected chi connectivity index (χ4v) is 2.96. The van der Waals surface area contributed by atoms with Gasteiger partial charge in [-0.05, 0) is 80.8 Å². The predicted octanol–water partition coefficient (Wildman–Crippen LogP) is 5.27. The van der Waals surface area contributed by atoms with Gasteiger partial charge in [-0.1, -0.05) is 30.3 Å². The molecule has 1 unspecified atom stereocenters. The number of para-hydroxylation sites is 1. The lowest BCUT2D eigenvalue weighted by atomic mass is 10.1. The highest BCUT2D eigenvalue weighted by atomic mass is 16.5. The van der Waals surface area contributed by atoms with E-state index in [0.29, 0.717) is 11.3 Å². The van der Waals surface area contributed by atoms with Gasteiger partial charge in [0, 0.05) is 16.9 Å². The van der Waals surface area contributed by atoms with Crippen LogP contribution in [0.4, 0.5) is 11.4 Å². The fourth-order valence-electron chi connectivity index (χ4n) is 2.96. The van der Waals surface area contributed by atoms with E-state index in [9.17, 15) is 9.59 Å². The van der Waals surface area contributed by atoms with E-state index in [4.69, 9.17) is 4.74 Å². The Bertz CT molecular complexity index is 1060. The van der Waals surface area contributed by atoms with Crippen LogP contribution in [0.15, 0.2) is 66.7 Å². The van der Waals surface area contributed by atoms with Crippen LogP contribution in [0.2, 0.25) is 0 Å². The van der Waals surface area contributed by atoms with Crippen LogP contribution in [0, 0.1) is 20.8 Å². The molecule has 2 N–H and O–H groups in total. The SMILES string of the molecule is Cc1ccc(C)c(NC(=O)C(C)Oc2ccc(C(=O)Nc3ccccc3C)cc2)c1. The zero-order valence-corrected chi connectivity index (χ0v) is 17.7. The van der Waals surface area contributed by atoms with Crippen LogP contribution in [-0.2, 0) is 4.79 Å². The minimum atomic E-state index is -0.684. The number of benzene rings is 3. The van der Waals surface area contributed by atoms with Crippen molar-refractivity contribution < 1.29 is 14.3 Å². The molecule has 0 aliphatic carbocycles. The molecule has 3 aromatic rings. The van der Waals surface area contributed by atoms with Crippen LogP contribution < -0.4 is 15.4 Å². The van der Waals surface area contributed by atoms with Crippen molar-refractivity contribution in [1.29, 1.82) is 0 Å². The Morgan fingerprint density at radius 1 is 0.800 bits per heavy atom. The largest absolute Gasteiger partial charge is 0.481 e. The number of rotatable bonds is 6. The van der Waals surface area contributed by atoms with Crippen molar-refractivity contribution >= 4 is 23.2 Å². The van der Waals surface area contributed by atoms with Gasteiger partial charge in [-0.3, -0.25) is 9.59 Å². The molecule has 0 aromatic heterocycles. The van der Waals surface area contributed by atoms with Gasteiger partial charge in [0.2, 0.25) is 0 Å². The zero-order chi connectivity index (χ0) is 21.7. The fraction of sp³-hybridized carbons (Fsp3) is 0.200. The Morgan fingerprint density at radius 2 is 1.47 bits per heavy atom. The van der Waals surface area contributed by atoms with Gasteiger partial charge in [0.1, 0.15) is 5.75 Å². The Kier molecular flexibility index (Phi) is 6.52. The van der Waals surface area contributed by atoms with Gasteiger partial charge in [0.15, 0.2) is 6.10 Å². The van der Waals surface area contributed by atoms with Crippen LogP contribution in [0.1, 0.15) is 34.0 Å². The molecule has 0 saturated carbocycles. The van der Waals surface area contributed by atoms with E-state index < -0.39 is 6.10 Å². The van der Waals surface area contributed by atoms with Crippen molar-refractivity contribution in [3.63, 3.8) is 0 Å². The highest BCUT2D eigenvalue weighted by Gasteiger charge is 2.16. The Morgan fingerprint density at radius 3 is 2.17 bits per heavy atom. The highest BCUT2D eigenvalue weighted by Crippen LogP contribution is 2.19. The summed E-state index contributed by atoms with van der Waals surface area (Å²) in [6.45, 7) is 7.56. The van der Waals surface area contributed by atoms with Gasteiger partial charge in [0.25, 0.3) is 11.8 Å². The molecule has 30 heavy (non-hydrogen) atoms. The van der Waals surface area contributed by atoms with E-state index in [-0.39, 0.29) is 11.8 Å². The van der Waals surface area contributed by atoms with Crippen molar-refractivity contribution in [3.8, 4) is 5.75 Å². The topological polar surface area (TPSA) is 67.4 Å². The van der Waals surface area contributed by atoms with Gasteiger partial charge in [-0.25, -0.2) is 0 Å². The standard InChI is InChI=1S/C25H26N2O3/c1-16-9-10-18(3)23(15-16)27-24(28)19(4)30-21-13-11-20(12-14-21)25(29)26-22-8-6-5-7-17(22)2/h5-15,19H,1-4H3,(H,26,29)(H,27,28). The van der Waals surface area contributed by atoms with Crippen LogP contribution in [0.5, 0.6) is 5.75 Å². The monoisotopic (exact) mass is 402 g/mol. The van der Waals surface area contributed by atoms with Crippen molar-refractivity contribution in [2.75, 3.05) is 10.6 Å². The van der Waals surface area contributed by atoms with Gasteiger partial charge >= 0.3 is 0 Å². The highest BCUT2D eigenvalue weighted by molar-refractivity contribution is 6.04. The maximum absolute atomic E-state index is 12.5. The molecule has 5 heteroatoms. The molecular formula is C25H26N2O3. The number of aryl methyl sites for hydroxylation is 3. The third kappa shape index (κ3) is 5.26. The Labute approximate surface area is 177 Å². The maximum atomic E-state index is 12.5. The van der Waals surface area contributed by atoms with Gasteiger partial charge in [-0.2, -0.15) is 0 Å². The second-order valence-corrected chi connectivity index (χ2v) is 7.36. The molecule has 0 radical (unpaired) electrons. The summed E-state index contributed by atoms with van der Waals surface area (Å²) in [5, 5.41) is 5.80. The number of hydrogen-bond acceptors (Lipinski definition) is 3. The summed E-state index contributed by atoms with van der Waals surface area (Å²) in [6.07, 6.45) is -0.684. The molecule has 0 aliphatic heterocycles. The number of anilines is 2. The third-order valence-corrected chi connectivity index (χ3v) is 4.84. The van der Waals surface area contributed by atoms with E-state index in [1.165, 1.54) is 0 Å². The van der Waals surface area contributed by atoms with Crippen LogP contribution in [0.25, 0.3) is 0 Å². The number of ether oxygens (including phenoxy) is 1. The summed E-state index contributed by atoms with van der Waals surface area (Å²) in [5.41, 5.74) is 5.13. The summed E-state index contributed by atoms with van der Waals surface area (Å²) in [6, 6.07) is 20.2. The molecule has 5 nitrogen and oxygen atoms in total. The van der Waals surface area contributed by atoms with Crippen molar-refractivity contribution in [1.82, 2.24) is 0 Å². The van der Waals surface area contributed by atoms with Gasteiger partial charge in [0.05, 0.1) is 0 Å². The molecule has 0 saturated heterocycles. The van der Waals surface area contributed by atoms with Crippen LogP contribution in [0.3, 0.4) is 0 Å². The van der Waals surface area contributed by atoms with E-state index in [1.54, 1.807) is 31.2 Å². The van der Waals surface area contributed by atoms with E-state index in [1.807, 2.05) is 63.2 Å². The first-order chi connectivity index (χ1) is 14.3. The molecule has 0 fully saturated rings. The first kappa shape index (κ1) is 21.1. The predicted molar refractivity (Wildman–Crippen MR) is 120 cm³/mol. The molecule has 0 bridgehead atoms. The number of nitrogens with one attached hydrogen (secondary N) is 2. The summed E-state index contributed by atoms with van der Waals surface area (Å²) in [5.74, 6) is 0.0905. The maximum Gasteiger partial charge on any atom is 0.265 e. The molecule has 154 valence electrons. The lowest BCUT2D eigenvalue weighted by Gasteiger charge is -2.16. The Balaban J connectivity index is 1.60. The first-order valence-electron chi connectivity index (χ1n) is 9.85. The van der Waals surface area contributed by atoms with Crippen LogP contribution in [-0.4, -0.2) is 17.9 Å². The van der Waals surface area contributed by atoms with Gasteiger partial charge in [-0.15, -0.1) is 0 Å². The lowest BCUT2D eigenvalue weighted by Crippen LogP contribution is -2.30. The normalized spacial score (nSPS) is 11.5. The molecule has 2 amide bonds. The molecule has 3 aromatic carbocycles. The molecule has 0 heterocycles. The average Bonchev–Trinajstić information content (AvgIpc) is 2.72. The molecule has 0 aliphatic rings. The summed E-state index contributed by atoms with van der Waals surface area (Å²) in [4.78, 5) is 24.9. The summed E-state index contributed by atoms with van der Waals surface area (Å²) in [7, 11) is 0. The molecule has 1 atom stereocenters. The molecule has 0 spiro atoms. The Hall–Kier alpha value is -3.60. The number of carbonyl (C=O) groups is 2. The smallest absolute Gasteiger partial charge is 0.265 e. The van der Waals surface area contributed by atoms with Gasteiger partial charge < -0.3 is 15.4 Å². The second-order valence-electron chi connectivity index (χ2n) is 7.36.